The van der Waals surface area contributed by atoms with Gasteiger partial charge in [-0.1, -0.05) is 72.0 Å². The number of aryl methyl sites for hydroxylation is 1. The molecule has 1 aromatic heterocycles. The molecule has 2 aliphatic rings. The molecule has 0 aliphatic carbocycles. The lowest BCUT2D eigenvalue weighted by molar-refractivity contribution is -0.122. The fourth-order valence-corrected chi connectivity index (χ4v) is 6.47. The Labute approximate surface area is 244 Å². The second kappa shape index (κ2) is 11.7. The third kappa shape index (κ3) is 5.29. The number of carbonyl (C=O) groups excluding carboxylic acids is 1. The molecular weight excluding hydrogens is 539 g/mol. The van der Waals surface area contributed by atoms with Crippen LogP contribution in [0.3, 0.4) is 0 Å². The highest BCUT2D eigenvalue weighted by atomic mass is 32.2. The molecule has 2 aliphatic heterocycles. The molecule has 2 saturated heterocycles. The van der Waals surface area contributed by atoms with Gasteiger partial charge in [0.15, 0.2) is 0 Å². The van der Waals surface area contributed by atoms with Crippen LogP contribution in [0, 0.1) is 25.2 Å². The number of nitriles is 1. The lowest BCUT2D eigenvalue weighted by Crippen LogP contribution is -2.48. The lowest BCUT2D eigenvalue weighted by Gasteiger charge is -2.39. The maximum atomic E-state index is 13.6. The van der Waals surface area contributed by atoms with Gasteiger partial charge in [-0.25, -0.2) is 0 Å². The third-order valence-corrected chi connectivity index (χ3v) is 8.85. The number of piperazine rings is 1. The third-order valence-electron chi connectivity index (χ3n) is 7.47. The van der Waals surface area contributed by atoms with Crippen LogP contribution in [0.4, 0.5) is 11.5 Å². The summed E-state index contributed by atoms with van der Waals surface area (Å²) >= 11 is 6.87. The maximum Gasteiger partial charge on any atom is 0.270 e. The average Bonchev–Trinajstić information content (AvgIpc) is 3.23. The van der Waals surface area contributed by atoms with Crippen LogP contribution in [-0.4, -0.2) is 45.9 Å². The SMILES string of the molecule is CCn1c(N2CCN(c3ccccc3)CC2)c(/C=C2\SC(=S)N(Cc3ccc(C)cc3)C2=O)c(C)c(C#N)c1=O. The molecule has 0 radical (unpaired) electrons. The summed E-state index contributed by atoms with van der Waals surface area (Å²) in [6.45, 7) is 9.53. The van der Waals surface area contributed by atoms with Gasteiger partial charge in [-0.2, -0.15) is 5.26 Å². The van der Waals surface area contributed by atoms with E-state index in [1.165, 1.54) is 17.4 Å². The van der Waals surface area contributed by atoms with Gasteiger partial charge in [0.2, 0.25) is 0 Å². The van der Waals surface area contributed by atoms with Crippen LogP contribution >= 0.6 is 24.0 Å². The fraction of sp³-hybridized carbons (Fsp3) is 0.290. The monoisotopic (exact) mass is 569 g/mol. The van der Waals surface area contributed by atoms with E-state index in [0.717, 1.165) is 35.6 Å². The van der Waals surface area contributed by atoms with E-state index in [4.69, 9.17) is 12.2 Å². The first-order valence-electron chi connectivity index (χ1n) is 13.4. The summed E-state index contributed by atoms with van der Waals surface area (Å²) in [5.74, 6) is 0.586. The van der Waals surface area contributed by atoms with Gasteiger partial charge in [-0.3, -0.25) is 19.1 Å². The van der Waals surface area contributed by atoms with Crippen molar-refractivity contribution in [2.24, 2.45) is 0 Å². The molecule has 7 nitrogen and oxygen atoms in total. The van der Waals surface area contributed by atoms with Crippen molar-refractivity contribution in [1.82, 2.24) is 9.47 Å². The lowest BCUT2D eigenvalue weighted by atomic mass is 10.0. The largest absolute Gasteiger partial charge is 0.368 e. The highest BCUT2D eigenvalue weighted by Gasteiger charge is 2.33. The van der Waals surface area contributed by atoms with Gasteiger partial charge in [0.05, 0.1) is 11.4 Å². The summed E-state index contributed by atoms with van der Waals surface area (Å²) in [5.41, 5.74) is 4.44. The second-order valence-electron chi connectivity index (χ2n) is 9.96. The molecule has 204 valence electrons. The van der Waals surface area contributed by atoms with Gasteiger partial charge in [-0.15, -0.1) is 0 Å². The van der Waals surface area contributed by atoms with E-state index in [-0.39, 0.29) is 17.0 Å². The molecule has 0 N–H and O–H groups in total. The number of benzene rings is 2. The zero-order chi connectivity index (χ0) is 28.4. The number of para-hydroxylation sites is 1. The van der Waals surface area contributed by atoms with Crippen molar-refractivity contribution in [2.45, 2.75) is 33.9 Å². The Morgan fingerprint density at radius 3 is 2.25 bits per heavy atom. The van der Waals surface area contributed by atoms with Crippen LogP contribution in [0.15, 0.2) is 64.3 Å². The van der Waals surface area contributed by atoms with E-state index < -0.39 is 0 Å². The van der Waals surface area contributed by atoms with Crippen LogP contribution in [0.25, 0.3) is 6.08 Å². The summed E-state index contributed by atoms with van der Waals surface area (Å²) in [6, 6.07) is 20.5. The quantitative estimate of drug-likeness (QED) is 0.303. The Balaban J connectivity index is 1.51. The van der Waals surface area contributed by atoms with Crippen LogP contribution in [0.5, 0.6) is 0 Å². The van der Waals surface area contributed by atoms with Crippen molar-refractivity contribution < 1.29 is 4.79 Å². The minimum Gasteiger partial charge on any atom is -0.368 e. The molecule has 9 heteroatoms. The van der Waals surface area contributed by atoms with Gasteiger partial charge in [0.25, 0.3) is 11.5 Å². The minimum absolute atomic E-state index is 0.106. The molecule has 2 aromatic carbocycles. The van der Waals surface area contributed by atoms with Crippen molar-refractivity contribution in [3.63, 3.8) is 0 Å². The molecule has 40 heavy (non-hydrogen) atoms. The molecule has 0 bridgehead atoms. The zero-order valence-electron chi connectivity index (χ0n) is 22.9. The number of hydrogen-bond donors (Lipinski definition) is 0. The first kappa shape index (κ1) is 27.7. The number of carbonyl (C=O) groups is 1. The van der Waals surface area contributed by atoms with Gasteiger partial charge in [-0.05, 0) is 50.1 Å². The molecule has 0 spiro atoms. The van der Waals surface area contributed by atoms with Crippen LogP contribution in [0.2, 0.25) is 0 Å². The molecule has 0 saturated carbocycles. The van der Waals surface area contributed by atoms with Crippen LogP contribution in [0.1, 0.15) is 34.7 Å². The minimum atomic E-state index is -0.299. The van der Waals surface area contributed by atoms with Crippen molar-refractivity contribution in [3.8, 4) is 6.07 Å². The van der Waals surface area contributed by atoms with Crippen molar-refractivity contribution >= 4 is 51.8 Å². The number of anilines is 2. The summed E-state index contributed by atoms with van der Waals surface area (Å²) in [5, 5.41) is 9.88. The molecule has 3 heterocycles. The Bertz CT molecular complexity index is 1580. The number of pyridine rings is 1. The maximum absolute atomic E-state index is 13.6. The molecule has 0 atom stereocenters. The second-order valence-corrected chi connectivity index (χ2v) is 11.6. The Hall–Kier alpha value is -3.87. The predicted octanol–water partition coefficient (Wildman–Crippen LogP) is 5.08. The number of hydrogen-bond acceptors (Lipinski definition) is 7. The molecule has 0 unspecified atom stereocenters. The van der Waals surface area contributed by atoms with E-state index in [0.29, 0.717) is 41.0 Å². The van der Waals surface area contributed by atoms with Gasteiger partial charge < -0.3 is 9.80 Å². The van der Waals surface area contributed by atoms with Crippen molar-refractivity contribution in [2.75, 3.05) is 36.0 Å². The number of amides is 1. The smallest absolute Gasteiger partial charge is 0.270 e. The number of nitrogens with zero attached hydrogens (tertiary/aromatic N) is 5. The Kier molecular flexibility index (Phi) is 8.10. The molecule has 3 aromatic rings. The van der Waals surface area contributed by atoms with Gasteiger partial charge >= 0.3 is 0 Å². The Morgan fingerprint density at radius 2 is 1.62 bits per heavy atom. The number of thiocarbonyl (C=S) groups is 1. The average molecular weight is 570 g/mol. The highest BCUT2D eigenvalue weighted by Crippen LogP contribution is 2.37. The molecule has 2 fully saturated rings. The van der Waals surface area contributed by atoms with Crippen molar-refractivity contribution in [3.05, 3.63) is 97.7 Å². The molecule has 5 rings (SSSR count). The number of rotatable bonds is 6. The van der Waals surface area contributed by atoms with Crippen LogP contribution < -0.4 is 15.4 Å². The summed E-state index contributed by atoms with van der Waals surface area (Å²) < 4.78 is 2.17. The summed E-state index contributed by atoms with van der Waals surface area (Å²) in [4.78, 5) is 33.6. The van der Waals surface area contributed by atoms with E-state index in [9.17, 15) is 14.9 Å². The fourth-order valence-electron chi connectivity index (χ4n) is 5.24. The van der Waals surface area contributed by atoms with E-state index in [1.807, 2.05) is 62.4 Å². The van der Waals surface area contributed by atoms with Gasteiger partial charge in [0, 0.05) is 44.0 Å². The van der Waals surface area contributed by atoms with Crippen LogP contribution in [-0.2, 0) is 17.9 Å². The topological polar surface area (TPSA) is 72.6 Å². The number of thioether (sulfide) groups is 1. The van der Waals surface area contributed by atoms with Gasteiger partial charge in [0.1, 0.15) is 21.8 Å². The molecular formula is C31H31N5O2S2. The van der Waals surface area contributed by atoms with E-state index >= 15 is 0 Å². The highest BCUT2D eigenvalue weighted by molar-refractivity contribution is 8.26. The predicted molar refractivity (Wildman–Crippen MR) is 167 cm³/mol. The Morgan fingerprint density at radius 1 is 0.975 bits per heavy atom. The number of aromatic nitrogens is 1. The zero-order valence-corrected chi connectivity index (χ0v) is 24.5. The van der Waals surface area contributed by atoms with Crippen molar-refractivity contribution in [1.29, 1.82) is 5.26 Å². The summed E-state index contributed by atoms with van der Waals surface area (Å²) in [6.07, 6.45) is 1.83. The first-order valence-corrected chi connectivity index (χ1v) is 14.6. The van der Waals surface area contributed by atoms with E-state index in [2.05, 4.69) is 28.0 Å². The summed E-state index contributed by atoms with van der Waals surface area (Å²) in [7, 11) is 0. The molecule has 1 amide bonds. The van der Waals surface area contributed by atoms with E-state index in [1.54, 1.807) is 16.4 Å². The normalized spacial score (nSPS) is 16.6. The standard InChI is InChI=1S/C31H31N5O2S2/c1-4-35-28(34-16-14-33(15-17-34)24-8-6-5-7-9-24)25(22(3)26(19-32)29(35)37)18-27-30(38)36(31(39)40-27)20-23-12-10-21(2)11-13-23/h5-13,18H,4,14-17,20H2,1-3H3/b27-18-. The first-order chi connectivity index (χ1) is 19.3.